The molecule has 0 spiro atoms. The van der Waals surface area contributed by atoms with Crippen LogP contribution in [0.2, 0.25) is 19.6 Å². The molecule has 0 radical (unpaired) electrons. The van der Waals surface area contributed by atoms with E-state index in [9.17, 15) is 20.4 Å². The van der Waals surface area contributed by atoms with Crippen molar-refractivity contribution in [2.24, 2.45) is 0 Å². The van der Waals surface area contributed by atoms with Gasteiger partial charge in [-0.1, -0.05) is 19.6 Å². The van der Waals surface area contributed by atoms with Crippen molar-refractivity contribution in [3.05, 3.63) is 0 Å². The highest BCUT2D eigenvalue weighted by molar-refractivity contribution is 6.77. The Morgan fingerprint density at radius 3 is 1.56 bits per heavy atom. The Hall–Kier alpha value is -0.0231. The minimum absolute atomic E-state index is 0.728. The molecule has 0 fully saturated rings. The number of hydrogen-bond acceptors (Lipinski definition) is 6. The first-order valence-electron chi connectivity index (χ1n) is 5.14. The quantitative estimate of drug-likeness (QED) is 0.295. The molecule has 0 aliphatic heterocycles. The normalized spacial score (nSPS) is 22.3. The van der Waals surface area contributed by atoms with Crippen LogP contribution in [0.1, 0.15) is 0 Å². The molecule has 7 heteroatoms. The number of rotatable bonds is 6. The van der Waals surface area contributed by atoms with Crippen molar-refractivity contribution in [2.75, 3.05) is 6.61 Å². The lowest BCUT2D eigenvalue weighted by Crippen LogP contribution is -2.56. The molecule has 0 saturated heterocycles. The van der Waals surface area contributed by atoms with Gasteiger partial charge in [0.2, 0.25) is 0 Å². The molecule has 16 heavy (non-hydrogen) atoms. The van der Waals surface area contributed by atoms with E-state index in [1.807, 2.05) is 0 Å². The lowest BCUT2D eigenvalue weighted by Gasteiger charge is -2.33. The maximum Gasteiger partial charge on any atom is 0.111 e. The fraction of sp³-hybridized carbons (Fsp3) is 1.00. The Bertz CT molecular complexity index is 207. The summed E-state index contributed by atoms with van der Waals surface area (Å²) in [6.07, 6.45) is -6.46. The van der Waals surface area contributed by atoms with Gasteiger partial charge in [-0.3, -0.25) is 0 Å². The fourth-order valence-electron chi connectivity index (χ4n) is 1.24. The molecule has 0 aromatic rings. The highest BCUT2D eigenvalue weighted by atomic mass is 28.3. The van der Waals surface area contributed by atoms with Crippen molar-refractivity contribution in [1.82, 2.24) is 0 Å². The van der Waals surface area contributed by atoms with Gasteiger partial charge in [0.1, 0.15) is 24.4 Å². The van der Waals surface area contributed by atoms with Crippen LogP contribution < -0.4 is 0 Å². The van der Waals surface area contributed by atoms with Crippen LogP contribution in [0.15, 0.2) is 0 Å². The van der Waals surface area contributed by atoms with Crippen LogP contribution in [0, 0.1) is 0 Å². The summed E-state index contributed by atoms with van der Waals surface area (Å²) in [7, 11) is -2.09. The van der Waals surface area contributed by atoms with Crippen molar-refractivity contribution in [3.63, 3.8) is 0 Å². The molecule has 0 amide bonds. The largest absolute Gasteiger partial charge is 0.394 e. The van der Waals surface area contributed by atoms with Crippen LogP contribution in [0.25, 0.3) is 0 Å². The maximum atomic E-state index is 9.72. The first kappa shape index (κ1) is 16.0. The summed E-state index contributed by atoms with van der Waals surface area (Å²) < 4.78 is 0. The van der Waals surface area contributed by atoms with Gasteiger partial charge in [0.05, 0.1) is 20.4 Å². The Balaban J connectivity index is 4.55. The summed E-state index contributed by atoms with van der Waals surface area (Å²) in [5, 5.41) is 55.9. The van der Waals surface area contributed by atoms with E-state index < -0.39 is 44.8 Å². The van der Waals surface area contributed by atoms with Crippen molar-refractivity contribution < 1.29 is 30.6 Å². The number of aliphatic hydroxyl groups excluding tert-OH is 6. The highest BCUT2D eigenvalue weighted by Gasteiger charge is 2.39. The van der Waals surface area contributed by atoms with E-state index >= 15 is 0 Å². The zero-order chi connectivity index (χ0) is 13.1. The van der Waals surface area contributed by atoms with Crippen molar-refractivity contribution in [3.8, 4) is 0 Å². The molecule has 0 bridgehead atoms. The second-order valence-corrected chi connectivity index (χ2v) is 10.4. The predicted octanol–water partition coefficient (Wildman–Crippen LogP) is -2.34. The van der Waals surface area contributed by atoms with Crippen LogP contribution in [0.5, 0.6) is 0 Å². The molecule has 6 nitrogen and oxygen atoms in total. The summed E-state index contributed by atoms with van der Waals surface area (Å²) in [5.74, 6) is 0. The topological polar surface area (TPSA) is 121 Å². The molecule has 0 aromatic carbocycles. The summed E-state index contributed by atoms with van der Waals surface area (Å²) in [4.78, 5) is 0. The van der Waals surface area contributed by atoms with Crippen molar-refractivity contribution >= 4 is 8.07 Å². The summed E-state index contributed by atoms with van der Waals surface area (Å²) in [5.41, 5.74) is -1.12. The van der Waals surface area contributed by atoms with Crippen LogP contribution in [-0.4, -0.2) is 75.5 Å². The molecule has 0 heterocycles. The second-order valence-electron chi connectivity index (χ2n) is 5.03. The average Bonchev–Trinajstić information content (AvgIpc) is 2.22. The lowest BCUT2D eigenvalue weighted by molar-refractivity contribution is -0.130. The molecular formula is C9H22O6Si. The molecule has 5 atom stereocenters. The van der Waals surface area contributed by atoms with Gasteiger partial charge in [-0.05, 0) is 0 Å². The number of hydrogen-bond donors (Lipinski definition) is 6. The zero-order valence-corrected chi connectivity index (χ0v) is 10.8. The Kier molecular flexibility index (Phi) is 6.05. The molecular weight excluding hydrogens is 232 g/mol. The van der Waals surface area contributed by atoms with Gasteiger partial charge >= 0.3 is 0 Å². The van der Waals surface area contributed by atoms with Crippen LogP contribution in [0.4, 0.5) is 0 Å². The van der Waals surface area contributed by atoms with E-state index in [2.05, 4.69) is 0 Å². The van der Waals surface area contributed by atoms with Crippen molar-refractivity contribution in [1.29, 1.82) is 0 Å². The Morgan fingerprint density at radius 1 is 0.812 bits per heavy atom. The first-order chi connectivity index (χ1) is 7.12. The Morgan fingerprint density at radius 2 is 1.25 bits per heavy atom. The molecule has 0 aliphatic rings. The predicted molar refractivity (Wildman–Crippen MR) is 60.5 cm³/mol. The third-order valence-corrected chi connectivity index (χ3v) is 4.61. The van der Waals surface area contributed by atoms with E-state index in [1.54, 1.807) is 19.6 Å². The van der Waals surface area contributed by atoms with Crippen LogP contribution >= 0.6 is 0 Å². The van der Waals surface area contributed by atoms with Gasteiger partial charge in [-0.25, -0.2) is 0 Å². The van der Waals surface area contributed by atoms with Gasteiger partial charge < -0.3 is 30.6 Å². The summed E-state index contributed by atoms with van der Waals surface area (Å²) in [6.45, 7) is 4.65. The molecule has 0 saturated carbocycles. The summed E-state index contributed by atoms with van der Waals surface area (Å²) >= 11 is 0. The monoisotopic (exact) mass is 254 g/mol. The highest BCUT2D eigenvalue weighted by Crippen LogP contribution is 2.16. The van der Waals surface area contributed by atoms with Gasteiger partial charge in [0.25, 0.3) is 0 Å². The van der Waals surface area contributed by atoms with E-state index in [4.69, 9.17) is 10.2 Å². The molecule has 0 aromatic heterocycles. The molecule has 0 unspecified atom stereocenters. The average molecular weight is 254 g/mol. The molecule has 0 rings (SSSR count). The first-order valence-corrected chi connectivity index (χ1v) is 8.71. The van der Waals surface area contributed by atoms with Gasteiger partial charge in [0.15, 0.2) is 0 Å². The molecule has 6 N–H and O–H groups in total. The van der Waals surface area contributed by atoms with E-state index in [0.717, 1.165) is 0 Å². The third-order valence-electron chi connectivity index (χ3n) is 2.49. The fourth-order valence-corrected chi connectivity index (χ4v) is 2.46. The third kappa shape index (κ3) is 4.09. The van der Waals surface area contributed by atoms with E-state index in [-0.39, 0.29) is 0 Å². The van der Waals surface area contributed by atoms with Crippen molar-refractivity contribution in [2.45, 2.75) is 49.8 Å². The van der Waals surface area contributed by atoms with Gasteiger partial charge in [-0.15, -0.1) is 0 Å². The van der Waals surface area contributed by atoms with Gasteiger partial charge in [-0.2, -0.15) is 0 Å². The van der Waals surface area contributed by atoms with Crippen LogP contribution in [0.3, 0.4) is 0 Å². The van der Waals surface area contributed by atoms with Gasteiger partial charge in [0, 0.05) is 0 Å². The minimum Gasteiger partial charge on any atom is -0.394 e. The smallest absolute Gasteiger partial charge is 0.111 e. The zero-order valence-electron chi connectivity index (χ0n) is 9.78. The standard InChI is InChI=1S/C9H22O6Si/c1-16(2,3)9(15)8(14)7(13)6(12)5(11)4-10/h5-15H,4H2,1-3H3/t5-,6-,7+,8+,9-/m1/s1. The second kappa shape index (κ2) is 6.06. The maximum absolute atomic E-state index is 9.72. The van der Waals surface area contributed by atoms with E-state index in [1.165, 1.54) is 0 Å². The minimum atomic E-state index is -2.09. The lowest BCUT2D eigenvalue weighted by atomic mass is 10.0. The summed E-state index contributed by atoms with van der Waals surface area (Å²) in [6, 6.07) is 0. The molecule has 0 aliphatic carbocycles. The SMILES string of the molecule is C[Si](C)(C)[C@@H](O)[C@@H](O)[C@@H](O)[C@H](O)[C@H](O)CO. The van der Waals surface area contributed by atoms with Crippen LogP contribution in [-0.2, 0) is 0 Å². The molecule has 98 valence electrons. The Labute approximate surface area is 95.8 Å². The number of aliphatic hydroxyl groups is 6. The van der Waals surface area contributed by atoms with E-state index in [0.29, 0.717) is 0 Å².